The summed E-state index contributed by atoms with van der Waals surface area (Å²) in [5.74, 6) is 0.624. The number of ether oxygens (including phenoxy) is 1. The summed E-state index contributed by atoms with van der Waals surface area (Å²) in [6.45, 7) is 7.40. The first-order valence-corrected chi connectivity index (χ1v) is 12.5. The molecule has 0 spiro atoms. The van der Waals surface area contributed by atoms with E-state index in [1.165, 1.54) is 24.5 Å². The zero-order valence-corrected chi connectivity index (χ0v) is 21.9. The fraction of sp³-hybridized carbons (Fsp3) is 0.346. The second-order valence-corrected chi connectivity index (χ2v) is 9.38. The molecule has 2 heterocycles. The molecule has 2 N–H and O–H groups in total. The van der Waals surface area contributed by atoms with E-state index in [1.807, 2.05) is 4.90 Å². The lowest BCUT2D eigenvalue weighted by Crippen LogP contribution is -2.48. The minimum absolute atomic E-state index is 0.0257. The van der Waals surface area contributed by atoms with E-state index in [0.29, 0.717) is 30.6 Å². The Morgan fingerprint density at radius 1 is 1.05 bits per heavy atom. The van der Waals surface area contributed by atoms with Crippen LogP contribution >= 0.6 is 0 Å². The predicted octanol–water partition coefficient (Wildman–Crippen LogP) is 6.40. The third kappa shape index (κ3) is 7.82. The number of nitrogens with zero attached hydrogens (tertiary/aromatic N) is 7. The van der Waals surface area contributed by atoms with Gasteiger partial charge in [-0.25, -0.2) is 14.8 Å². The van der Waals surface area contributed by atoms with Gasteiger partial charge in [0.05, 0.1) is 5.56 Å². The number of carbonyl (C=O) groups is 1. The van der Waals surface area contributed by atoms with Gasteiger partial charge in [-0.2, -0.15) is 13.2 Å². The number of hydrogen-bond donors (Lipinski definition) is 2. The zero-order valence-electron chi connectivity index (χ0n) is 21.9. The van der Waals surface area contributed by atoms with Crippen LogP contribution in [0.4, 0.5) is 35.2 Å². The van der Waals surface area contributed by atoms with Crippen molar-refractivity contribution in [3.8, 4) is 11.6 Å². The Hall–Kier alpha value is -4.39. The number of urea groups is 1. The van der Waals surface area contributed by atoms with Gasteiger partial charge < -0.3 is 15.4 Å². The third-order valence-corrected chi connectivity index (χ3v) is 6.31. The van der Waals surface area contributed by atoms with Crippen LogP contribution in [0, 0.1) is 0 Å². The van der Waals surface area contributed by atoms with Crippen LogP contribution in [0.1, 0.15) is 25.0 Å². The highest BCUT2D eigenvalue weighted by atomic mass is 19.4. The van der Waals surface area contributed by atoms with E-state index in [4.69, 9.17) is 10.3 Å². The number of halogens is 3. The zero-order chi connectivity index (χ0) is 28.7. The first kappa shape index (κ1) is 28.6. The van der Waals surface area contributed by atoms with Crippen LogP contribution in [0.2, 0.25) is 0 Å². The molecule has 0 radical (unpaired) electrons. The molecule has 14 heteroatoms. The molecule has 210 valence electrons. The number of hydrogen-bond acceptors (Lipinski definition) is 7. The van der Waals surface area contributed by atoms with Crippen LogP contribution in [0.25, 0.3) is 10.4 Å². The summed E-state index contributed by atoms with van der Waals surface area (Å²) in [5.41, 5.74) is 8.31. The summed E-state index contributed by atoms with van der Waals surface area (Å²) < 4.78 is 47.3. The van der Waals surface area contributed by atoms with Crippen molar-refractivity contribution in [3.63, 3.8) is 0 Å². The van der Waals surface area contributed by atoms with Gasteiger partial charge in [0, 0.05) is 61.1 Å². The summed E-state index contributed by atoms with van der Waals surface area (Å²) in [7, 11) is 0. The van der Waals surface area contributed by atoms with Gasteiger partial charge in [0.15, 0.2) is 0 Å². The Balaban J connectivity index is 1.36. The van der Waals surface area contributed by atoms with E-state index in [9.17, 15) is 18.0 Å². The van der Waals surface area contributed by atoms with E-state index in [-0.39, 0.29) is 29.5 Å². The first-order chi connectivity index (χ1) is 19.1. The van der Waals surface area contributed by atoms with Crippen molar-refractivity contribution < 1.29 is 22.7 Å². The van der Waals surface area contributed by atoms with E-state index in [1.54, 1.807) is 24.3 Å². The maximum Gasteiger partial charge on any atom is 0.416 e. The smallest absolute Gasteiger partial charge is 0.416 e. The normalized spacial score (nSPS) is 14.4. The predicted molar refractivity (Wildman–Crippen MR) is 143 cm³/mol. The lowest BCUT2D eigenvalue weighted by Gasteiger charge is -2.37. The highest BCUT2D eigenvalue weighted by Crippen LogP contribution is 2.35. The Labute approximate surface area is 228 Å². The van der Waals surface area contributed by atoms with Gasteiger partial charge in [0.1, 0.15) is 17.9 Å². The number of azide groups is 1. The molecule has 2 aromatic carbocycles. The number of aromatic nitrogens is 2. The van der Waals surface area contributed by atoms with E-state index < -0.39 is 17.8 Å². The molecule has 2 amide bonds. The number of rotatable bonds is 8. The molecule has 1 saturated heterocycles. The fourth-order valence-corrected chi connectivity index (χ4v) is 4.24. The van der Waals surface area contributed by atoms with Crippen LogP contribution in [0.3, 0.4) is 0 Å². The number of nitrogens with one attached hydrogen (secondary N) is 2. The molecule has 40 heavy (non-hydrogen) atoms. The van der Waals surface area contributed by atoms with Crippen molar-refractivity contribution in [1.82, 2.24) is 19.8 Å². The van der Waals surface area contributed by atoms with Gasteiger partial charge in [-0.1, -0.05) is 6.07 Å². The van der Waals surface area contributed by atoms with Gasteiger partial charge in [0.2, 0.25) is 5.88 Å². The molecule has 0 unspecified atom stereocenters. The molecule has 3 aromatic rings. The molecule has 1 aromatic heterocycles. The molecular weight excluding hydrogens is 527 g/mol. The number of piperazine rings is 1. The Morgan fingerprint density at radius 2 is 1.73 bits per heavy atom. The number of amides is 2. The topological polar surface area (TPSA) is 131 Å². The maximum atomic E-state index is 13.9. The van der Waals surface area contributed by atoms with Gasteiger partial charge in [-0.05, 0) is 66.5 Å². The molecule has 1 aliphatic rings. The lowest BCUT2D eigenvalue weighted by atomic mass is 10.0. The molecule has 0 bridgehead atoms. The third-order valence-electron chi connectivity index (χ3n) is 6.31. The first-order valence-electron chi connectivity index (χ1n) is 12.5. The monoisotopic (exact) mass is 555 g/mol. The largest absolute Gasteiger partial charge is 0.439 e. The van der Waals surface area contributed by atoms with Gasteiger partial charge in [0.25, 0.3) is 0 Å². The summed E-state index contributed by atoms with van der Waals surface area (Å²) in [6, 6.07) is 11.1. The molecule has 1 aliphatic heterocycles. The van der Waals surface area contributed by atoms with Crippen LogP contribution in [0.15, 0.2) is 60.0 Å². The Kier molecular flexibility index (Phi) is 9.04. The Morgan fingerprint density at radius 3 is 2.38 bits per heavy atom. The standard InChI is InChI=1S/C26H28F3N9O2/c1-17(2)38-11-9-37(10-12-38)15-18-3-4-20(13-22(18)26(27,28)29)34-25(39)33-19-5-7-21(8-6-19)40-24-14-23(35-36-30)31-16-32-24/h3-8,13-14,16-17H,9-12,15H2,1-2H3,(H2,33,34,39). The van der Waals surface area contributed by atoms with Crippen molar-refractivity contribution in [1.29, 1.82) is 0 Å². The molecule has 0 atom stereocenters. The molecule has 4 rings (SSSR count). The quantitative estimate of drug-likeness (QED) is 0.188. The number of carbonyl (C=O) groups excluding carboxylic acids is 1. The highest BCUT2D eigenvalue weighted by molar-refractivity contribution is 5.99. The minimum atomic E-state index is -4.57. The van der Waals surface area contributed by atoms with Gasteiger partial charge >= 0.3 is 12.2 Å². The lowest BCUT2D eigenvalue weighted by molar-refractivity contribution is -0.138. The van der Waals surface area contributed by atoms with Crippen LogP contribution in [0.5, 0.6) is 11.6 Å². The molecule has 0 saturated carbocycles. The second kappa shape index (κ2) is 12.6. The number of anilines is 2. The molecule has 11 nitrogen and oxygen atoms in total. The summed E-state index contributed by atoms with van der Waals surface area (Å²) in [5, 5.41) is 8.42. The summed E-state index contributed by atoms with van der Waals surface area (Å²) in [4.78, 5) is 27.2. The summed E-state index contributed by atoms with van der Waals surface area (Å²) >= 11 is 0. The summed E-state index contributed by atoms with van der Waals surface area (Å²) in [6.07, 6.45) is -3.38. The SMILES string of the molecule is CC(C)N1CCN(Cc2ccc(NC(=O)Nc3ccc(Oc4cc(N=[N+]=[N-])ncn4)cc3)cc2C(F)(F)F)CC1. The molecular formula is C26H28F3N9O2. The minimum Gasteiger partial charge on any atom is -0.439 e. The van der Waals surface area contributed by atoms with Crippen molar-refractivity contribution in [2.75, 3.05) is 36.8 Å². The van der Waals surface area contributed by atoms with Gasteiger partial charge in [-0.15, -0.1) is 0 Å². The van der Waals surface area contributed by atoms with E-state index >= 15 is 0 Å². The van der Waals surface area contributed by atoms with Crippen molar-refractivity contribution in [3.05, 3.63) is 76.4 Å². The van der Waals surface area contributed by atoms with Crippen LogP contribution in [-0.2, 0) is 12.7 Å². The van der Waals surface area contributed by atoms with Crippen LogP contribution in [-0.4, -0.2) is 58.0 Å². The average molecular weight is 556 g/mol. The number of alkyl halides is 3. The second-order valence-electron chi connectivity index (χ2n) is 9.38. The van der Waals surface area contributed by atoms with Gasteiger partial charge in [-0.3, -0.25) is 9.80 Å². The highest BCUT2D eigenvalue weighted by Gasteiger charge is 2.34. The van der Waals surface area contributed by atoms with E-state index in [2.05, 4.69) is 49.4 Å². The van der Waals surface area contributed by atoms with Crippen molar-refractivity contribution in [2.45, 2.75) is 32.6 Å². The van der Waals surface area contributed by atoms with Crippen molar-refractivity contribution >= 4 is 23.2 Å². The van der Waals surface area contributed by atoms with E-state index in [0.717, 1.165) is 19.2 Å². The maximum absolute atomic E-state index is 13.9. The van der Waals surface area contributed by atoms with Crippen molar-refractivity contribution in [2.24, 2.45) is 5.11 Å². The molecule has 1 fully saturated rings. The fourth-order valence-electron chi connectivity index (χ4n) is 4.24. The Bertz CT molecular complexity index is 1370. The van der Waals surface area contributed by atoms with Crippen LogP contribution < -0.4 is 15.4 Å². The average Bonchev–Trinajstić information content (AvgIpc) is 2.91. The molecule has 0 aliphatic carbocycles. The number of benzene rings is 2.